The Bertz CT molecular complexity index is 795. The average Bonchev–Trinajstić information content (AvgIpc) is 2.84. The minimum absolute atomic E-state index is 0.0286. The Labute approximate surface area is 171 Å². The normalized spacial score (nSPS) is 17.3. The molecule has 8 heteroatoms. The van der Waals surface area contributed by atoms with Crippen molar-refractivity contribution in [3.63, 3.8) is 0 Å². The standard InChI is InChI=1S/C21H32N2O6/c1-19(2,3)27-17(25)13(22-18(26)28-20(4,5)6)9-12-16-14(24)10-21(7,8)11-15(16)29-23-12/h13H,9-11H2,1-8H3,(H,22,26)/t13-/m0/s1. The second kappa shape index (κ2) is 7.80. The lowest BCUT2D eigenvalue weighted by Gasteiger charge is -2.27. The van der Waals surface area contributed by atoms with E-state index in [1.54, 1.807) is 41.5 Å². The van der Waals surface area contributed by atoms with Gasteiger partial charge in [0.15, 0.2) is 5.78 Å². The highest BCUT2D eigenvalue weighted by Gasteiger charge is 2.38. The number of Topliss-reactive ketones (excluding diaryl/α,β-unsaturated/α-hetero) is 1. The molecule has 1 aromatic rings. The number of nitrogens with zero attached hydrogens (tertiary/aromatic N) is 1. The van der Waals surface area contributed by atoms with Crippen LogP contribution in [0.2, 0.25) is 0 Å². The van der Waals surface area contributed by atoms with Gasteiger partial charge in [0.1, 0.15) is 23.0 Å². The summed E-state index contributed by atoms with van der Waals surface area (Å²) in [4.78, 5) is 37.6. The number of hydrogen-bond acceptors (Lipinski definition) is 7. The maximum atomic E-state index is 12.7. The molecule has 0 unspecified atom stereocenters. The molecule has 0 fully saturated rings. The van der Waals surface area contributed by atoms with Gasteiger partial charge >= 0.3 is 12.1 Å². The van der Waals surface area contributed by atoms with E-state index >= 15 is 0 Å². The van der Waals surface area contributed by atoms with Gasteiger partial charge in [-0.3, -0.25) is 4.79 Å². The average molecular weight is 408 g/mol. The number of carbonyl (C=O) groups excluding carboxylic acids is 3. The van der Waals surface area contributed by atoms with Crippen LogP contribution in [0.1, 0.15) is 83.6 Å². The van der Waals surface area contributed by atoms with Crippen LogP contribution in [0, 0.1) is 5.41 Å². The molecule has 0 saturated carbocycles. The van der Waals surface area contributed by atoms with Crippen molar-refractivity contribution in [2.75, 3.05) is 0 Å². The summed E-state index contributed by atoms with van der Waals surface area (Å²) in [6.45, 7) is 14.4. The summed E-state index contributed by atoms with van der Waals surface area (Å²) in [6.07, 6.45) is 0.167. The van der Waals surface area contributed by atoms with E-state index in [0.29, 0.717) is 29.9 Å². The van der Waals surface area contributed by atoms with Crippen LogP contribution in [-0.2, 0) is 27.1 Å². The first kappa shape index (κ1) is 22.9. The number of alkyl carbamates (subject to hydrolysis) is 1. The van der Waals surface area contributed by atoms with Crippen molar-refractivity contribution >= 4 is 17.8 Å². The third kappa shape index (κ3) is 6.58. The van der Waals surface area contributed by atoms with Gasteiger partial charge in [0.2, 0.25) is 0 Å². The summed E-state index contributed by atoms with van der Waals surface area (Å²) in [5.41, 5.74) is -0.929. The molecule has 1 atom stereocenters. The molecule has 2 rings (SSSR count). The van der Waals surface area contributed by atoms with Crippen molar-refractivity contribution in [3.05, 3.63) is 17.0 Å². The Morgan fingerprint density at radius 2 is 1.69 bits per heavy atom. The van der Waals surface area contributed by atoms with Crippen LogP contribution >= 0.6 is 0 Å². The van der Waals surface area contributed by atoms with E-state index < -0.39 is 29.3 Å². The van der Waals surface area contributed by atoms with Crippen molar-refractivity contribution in [3.8, 4) is 0 Å². The highest BCUT2D eigenvalue weighted by Crippen LogP contribution is 2.36. The summed E-state index contributed by atoms with van der Waals surface area (Å²) < 4.78 is 16.1. The molecule has 0 bridgehead atoms. The number of carbonyl (C=O) groups is 3. The molecule has 162 valence electrons. The molecule has 1 aliphatic rings. The Kier molecular flexibility index (Phi) is 6.16. The minimum Gasteiger partial charge on any atom is -0.458 e. The van der Waals surface area contributed by atoms with Gasteiger partial charge in [-0.2, -0.15) is 0 Å². The van der Waals surface area contributed by atoms with E-state index in [1.807, 2.05) is 13.8 Å². The fourth-order valence-electron chi connectivity index (χ4n) is 3.17. The van der Waals surface area contributed by atoms with Gasteiger partial charge < -0.3 is 19.3 Å². The molecule has 0 saturated heterocycles. The van der Waals surface area contributed by atoms with E-state index in [1.165, 1.54) is 0 Å². The van der Waals surface area contributed by atoms with E-state index in [9.17, 15) is 14.4 Å². The van der Waals surface area contributed by atoms with Gasteiger partial charge in [0, 0.05) is 19.3 Å². The first-order valence-electron chi connectivity index (χ1n) is 9.79. The molecule has 1 N–H and O–H groups in total. The van der Waals surface area contributed by atoms with Gasteiger partial charge in [-0.1, -0.05) is 19.0 Å². The number of nitrogens with one attached hydrogen (secondary N) is 1. The Morgan fingerprint density at radius 3 is 2.24 bits per heavy atom. The first-order valence-corrected chi connectivity index (χ1v) is 9.79. The molecule has 1 amide bonds. The summed E-state index contributed by atoms with van der Waals surface area (Å²) in [5, 5.41) is 6.56. The molecule has 0 aromatic carbocycles. The molecule has 29 heavy (non-hydrogen) atoms. The predicted molar refractivity (Wildman–Crippen MR) is 106 cm³/mol. The van der Waals surface area contributed by atoms with Gasteiger partial charge in [-0.25, -0.2) is 9.59 Å². The third-order valence-corrected chi connectivity index (χ3v) is 4.17. The molecular weight excluding hydrogens is 376 g/mol. The maximum absolute atomic E-state index is 12.7. The molecule has 1 heterocycles. The SMILES string of the molecule is CC1(C)CC(=O)c2c(C[C@H](NC(=O)OC(C)(C)C)C(=O)OC(C)(C)C)noc2C1. The van der Waals surface area contributed by atoms with E-state index in [-0.39, 0.29) is 17.6 Å². The van der Waals surface area contributed by atoms with Crippen molar-refractivity contribution in [2.45, 2.75) is 91.9 Å². The van der Waals surface area contributed by atoms with Gasteiger partial charge in [-0.05, 0) is 47.0 Å². The number of aromatic nitrogens is 1. The van der Waals surface area contributed by atoms with Crippen LogP contribution in [0.5, 0.6) is 0 Å². The quantitative estimate of drug-likeness (QED) is 0.758. The second-order valence-corrected chi connectivity index (χ2v) is 10.3. The van der Waals surface area contributed by atoms with Crippen LogP contribution in [-0.4, -0.2) is 40.2 Å². The molecule has 0 spiro atoms. The van der Waals surface area contributed by atoms with E-state index in [4.69, 9.17) is 14.0 Å². The van der Waals surface area contributed by atoms with Crippen molar-refractivity contribution in [1.82, 2.24) is 10.5 Å². The molecule has 0 radical (unpaired) electrons. The zero-order valence-corrected chi connectivity index (χ0v) is 18.6. The Balaban J connectivity index is 2.27. The van der Waals surface area contributed by atoms with Crippen LogP contribution in [0.4, 0.5) is 4.79 Å². The summed E-state index contributed by atoms with van der Waals surface area (Å²) >= 11 is 0. The second-order valence-electron chi connectivity index (χ2n) is 10.3. The van der Waals surface area contributed by atoms with Gasteiger partial charge in [-0.15, -0.1) is 0 Å². The number of hydrogen-bond donors (Lipinski definition) is 1. The number of ether oxygens (including phenoxy) is 2. The number of ketones is 1. The largest absolute Gasteiger partial charge is 0.458 e. The van der Waals surface area contributed by atoms with Crippen LogP contribution in [0.15, 0.2) is 4.52 Å². The molecule has 1 aromatic heterocycles. The lowest BCUT2D eigenvalue weighted by Crippen LogP contribution is -2.47. The smallest absolute Gasteiger partial charge is 0.408 e. The van der Waals surface area contributed by atoms with Crippen molar-refractivity contribution in [2.24, 2.45) is 5.41 Å². The Morgan fingerprint density at radius 1 is 1.10 bits per heavy atom. The predicted octanol–water partition coefficient (Wildman–Crippen LogP) is 3.61. The number of rotatable bonds is 4. The molecule has 8 nitrogen and oxygen atoms in total. The monoisotopic (exact) mass is 408 g/mol. The fourth-order valence-corrected chi connectivity index (χ4v) is 3.17. The third-order valence-electron chi connectivity index (χ3n) is 4.17. The van der Waals surface area contributed by atoms with E-state index in [2.05, 4.69) is 10.5 Å². The van der Waals surface area contributed by atoms with Crippen LogP contribution < -0.4 is 5.32 Å². The topological polar surface area (TPSA) is 108 Å². The summed E-state index contributed by atoms with van der Waals surface area (Å²) in [6, 6.07) is -1.07. The lowest BCUT2D eigenvalue weighted by molar-refractivity contribution is -0.157. The molecule has 1 aliphatic carbocycles. The lowest BCUT2D eigenvalue weighted by atomic mass is 9.76. The number of amides is 1. The molecule has 0 aliphatic heterocycles. The van der Waals surface area contributed by atoms with Crippen LogP contribution in [0.3, 0.4) is 0 Å². The van der Waals surface area contributed by atoms with E-state index in [0.717, 1.165) is 0 Å². The van der Waals surface area contributed by atoms with Gasteiger partial charge in [0.25, 0.3) is 0 Å². The highest BCUT2D eigenvalue weighted by atomic mass is 16.6. The summed E-state index contributed by atoms with van der Waals surface area (Å²) in [7, 11) is 0. The first-order chi connectivity index (χ1) is 13.1. The fraction of sp³-hybridized carbons (Fsp3) is 0.714. The Hall–Kier alpha value is -2.38. The zero-order chi connectivity index (χ0) is 22.2. The molecular formula is C21H32N2O6. The highest BCUT2D eigenvalue weighted by molar-refractivity contribution is 5.99. The van der Waals surface area contributed by atoms with Crippen molar-refractivity contribution < 1.29 is 28.4 Å². The minimum atomic E-state index is -1.07. The zero-order valence-electron chi connectivity index (χ0n) is 18.6. The van der Waals surface area contributed by atoms with Gasteiger partial charge in [0.05, 0.1) is 11.3 Å². The maximum Gasteiger partial charge on any atom is 0.408 e. The van der Waals surface area contributed by atoms with Crippen molar-refractivity contribution in [1.29, 1.82) is 0 Å². The van der Waals surface area contributed by atoms with Crippen LogP contribution in [0.25, 0.3) is 0 Å². The summed E-state index contributed by atoms with van der Waals surface area (Å²) in [5.74, 6) is -0.196. The number of fused-ring (bicyclic) bond motifs is 1. The number of esters is 1.